The molecule has 0 unspecified atom stereocenters. The molecule has 24 heavy (non-hydrogen) atoms. The Morgan fingerprint density at radius 2 is 1.67 bits per heavy atom. The van der Waals surface area contributed by atoms with E-state index < -0.39 is 0 Å². The van der Waals surface area contributed by atoms with E-state index >= 15 is 0 Å². The van der Waals surface area contributed by atoms with Crippen LogP contribution in [0.15, 0.2) is 72.3 Å². The van der Waals surface area contributed by atoms with Crippen molar-refractivity contribution in [1.29, 1.82) is 0 Å². The zero-order valence-corrected chi connectivity index (χ0v) is 15.6. The van der Waals surface area contributed by atoms with Crippen molar-refractivity contribution in [3.05, 3.63) is 77.9 Å². The van der Waals surface area contributed by atoms with Crippen LogP contribution in [0.3, 0.4) is 0 Å². The topological polar surface area (TPSA) is 20.3 Å². The van der Waals surface area contributed by atoms with Gasteiger partial charge in [0.1, 0.15) is 0 Å². The van der Waals surface area contributed by atoms with Crippen molar-refractivity contribution in [2.75, 3.05) is 13.1 Å². The fourth-order valence-electron chi connectivity index (χ4n) is 2.87. The Bertz CT molecular complexity index is 681. The van der Waals surface area contributed by atoms with Crippen molar-refractivity contribution in [2.45, 2.75) is 24.6 Å². The van der Waals surface area contributed by atoms with Crippen molar-refractivity contribution >= 4 is 25.3 Å². The SMILES string of the molecule is O=C1C(C[Se]c2ccccc2)=CCCCN1CCc1ccccc1. The van der Waals surface area contributed by atoms with Crippen LogP contribution >= 0.6 is 0 Å². The molecule has 1 heterocycles. The van der Waals surface area contributed by atoms with E-state index in [1.807, 2.05) is 17.0 Å². The second-order valence-electron chi connectivity index (χ2n) is 6.00. The molecule has 0 spiro atoms. The minimum atomic E-state index is 0.251. The Labute approximate surface area is 150 Å². The third-order valence-electron chi connectivity index (χ3n) is 4.24. The van der Waals surface area contributed by atoms with Crippen LogP contribution in [0.2, 0.25) is 5.32 Å². The van der Waals surface area contributed by atoms with E-state index in [4.69, 9.17) is 0 Å². The Morgan fingerprint density at radius 3 is 2.42 bits per heavy atom. The standard InChI is InChI=1S/C21H23NOSe/c23-21-19(17-24-20-12-5-2-6-13-20)11-7-8-15-22(21)16-14-18-9-3-1-4-10-18/h1-6,9-13H,7-8,14-17H2. The van der Waals surface area contributed by atoms with Crippen LogP contribution in [0.25, 0.3) is 0 Å². The monoisotopic (exact) mass is 385 g/mol. The van der Waals surface area contributed by atoms with Gasteiger partial charge in [0.05, 0.1) is 0 Å². The summed E-state index contributed by atoms with van der Waals surface area (Å²) in [6, 6.07) is 21.0. The van der Waals surface area contributed by atoms with E-state index in [2.05, 4.69) is 54.6 Å². The molecule has 1 amide bonds. The number of carbonyl (C=O) groups is 1. The van der Waals surface area contributed by atoms with Gasteiger partial charge in [-0.1, -0.05) is 0 Å². The summed E-state index contributed by atoms with van der Waals surface area (Å²) in [6.45, 7) is 1.70. The Morgan fingerprint density at radius 1 is 0.958 bits per heavy atom. The molecule has 0 bridgehead atoms. The van der Waals surface area contributed by atoms with Gasteiger partial charge in [0, 0.05) is 0 Å². The van der Waals surface area contributed by atoms with Crippen molar-refractivity contribution < 1.29 is 4.79 Å². The maximum atomic E-state index is 12.9. The first-order chi connectivity index (χ1) is 11.8. The molecule has 2 aromatic carbocycles. The van der Waals surface area contributed by atoms with Gasteiger partial charge in [-0.25, -0.2) is 0 Å². The molecule has 0 saturated heterocycles. The first-order valence-electron chi connectivity index (χ1n) is 8.53. The van der Waals surface area contributed by atoms with Crippen LogP contribution in [0.1, 0.15) is 18.4 Å². The summed E-state index contributed by atoms with van der Waals surface area (Å²) in [5.41, 5.74) is 2.32. The average Bonchev–Trinajstić information content (AvgIpc) is 2.81. The zero-order chi connectivity index (χ0) is 16.6. The quantitative estimate of drug-likeness (QED) is 0.701. The van der Waals surface area contributed by atoms with Gasteiger partial charge in [-0.05, 0) is 0 Å². The number of hydrogen-bond donors (Lipinski definition) is 0. The van der Waals surface area contributed by atoms with Gasteiger partial charge in [0.15, 0.2) is 0 Å². The molecule has 0 aromatic heterocycles. The van der Waals surface area contributed by atoms with E-state index in [0.29, 0.717) is 15.0 Å². The van der Waals surface area contributed by atoms with Gasteiger partial charge in [-0.15, -0.1) is 0 Å². The van der Waals surface area contributed by atoms with E-state index in [0.717, 1.165) is 43.2 Å². The van der Waals surface area contributed by atoms with Crippen molar-refractivity contribution in [3.63, 3.8) is 0 Å². The maximum absolute atomic E-state index is 12.9. The second kappa shape index (κ2) is 8.86. The molecule has 0 atom stereocenters. The summed E-state index contributed by atoms with van der Waals surface area (Å²) >= 11 is 0.332. The van der Waals surface area contributed by atoms with Crippen LogP contribution in [-0.2, 0) is 11.2 Å². The van der Waals surface area contributed by atoms with Crippen molar-refractivity contribution in [1.82, 2.24) is 4.90 Å². The Hall–Kier alpha value is -1.83. The number of amides is 1. The minimum absolute atomic E-state index is 0.251. The third-order valence-corrected chi connectivity index (χ3v) is 6.46. The first kappa shape index (κ1) is 17.0. The van der Waals surface area contributed by atoms with E-state index in [-0.39, 0.29) is 5.91 Å². The molecule has 2 nitrogen and oxygen atoms in total. The molecule has 0 aliphatic carbocycles. The Kier molecular flexibility index (Phi) is 6.28. The molecule has 1 aliphatic heterocycles. The van der Waals surface area contributed by atoms with Crippen molar-refractivity contribution in [3.8, 4) is 0 Å². The van der Waals surface area contributed by atoms with Crippen LogP contribution < -0.4 is 4.46 Å². The Balaban J connectivity index is 1.58. The van der Waals surface area contributed by atoms with Gasteiger partial charge in [-0.2, -0.15) is 0 Å². The van der Waals surface area contributed by atoms with E-state index in [1.165, 1.54) is 10.0 Å². The molecule has 3 rings (SSSR count). The predicted octanol–water partition coefficient (Wildman–Crippen LogP) is 3.23. The molecule has 124 valence electrons. The molecular formula is C21H23NOSe. The number of rotatable bonds is 6. The zero-order valence-electron chi connectivity index (χ0n) is 13.9. The van der Waals surface area contributed by atoms with Gasteiger partial charge in [-0.3, -0.25) is 0 Å². The van der Waals surface area contributed by atoms with Gasteiger partial charge in [0.25, 0.3) is 0 Å². The fraction of sp³-hybridized carbons (Fsp3) is 0.286. The summed E-state index contributed by atoms with van der Waals surface area (Å²) < 4.78 is 1.36. The van der Waals surface area contributed by atoms with Gasteiger partial charge < -0.3 is 0 Å². The summed E-state index contributed by atoms with van der Waals surface area (Å²) in [5, 5.41) is 0.900. The van der Waals surface area contributed by atoms with Crippen LogP contribution in [0.5, 0.6) is 0 Å². The van der Waals surface area contributed by atoms with E-state index in [9.17, 15) is 4.79 Å². The first-order valence-corrected chi connectivity index (χ1v) is 10.6. The van der Waals surface area contributed by atoms with Crippen molar-refractivity contribution in [2.24, 2.45) is 0 Å². The number of carbonyl (C=O) groups excluding carboxylic acids is 1. The van der Waals surface area contributed by atoms with Gasteiger partial charge >= 0.3 is 151 Å². The fourth-order valence-corrected chi connectivity index (χ4v) is 4.79. The molecule has 1 aliphatic rings. The molecular weight excluding hydrogens is 361 g/mol. The number of hydrogen-bond acceptors (Lipinski definition) is 1. The third kappa shape index (κ3) is 4.83. The number of allylic oxidation sites excluding steroid dienone is 1. The normalized spacial score (nSPS) is 15.1. The molecule has 0 N–H and O–H groups in total. The molecule has 3 heteroatoms. The van der Waals surface area contributed by atoms with Crippen LogP contribution in [-0.4, -0.2) is 38.9 Å². The summed E-state index contributed by atoms with van der Waals surface area (Å²) in [4.78, 5) is 14.9. The molecule has 0 saturated carbocycles. The summed E-state index contributed by atoms with van der Waals surface area (Å²) in [6.07, 6.45) is 5.20. The number of benzene rings is 2. The molecule has 2 aromatic rings. The summed E-state index contributed by atoms with van der Waals surface area (Å²) in [5.74, 6) is 0.251. The van der Waals surface area contributed by atoms with Gasteiger partial charge in [0.2, 0.25) is 0 Å². The predicted molar refractivity (Wildman–Crippen MR) is 101 cm³/mol. The average molecular weight is 384 g/mol. The number of nitrogens with zero attached hydrogens (tertiary/aromatic N) is 1. The molecule has 0 fully saturated rings. The second-order valence-corrected chi connectivity index (χ2v) is 8.20. The molecule has 0 radical (unpaired) electrons. The van der Waals surface area contributed by atoms with Crippen LogP contribution in [0.4, 0.5) is 0 Å². The summed E-state index contributed by atoms with van der Waals surface area (Å²) in [7, 11) is 0. The van der Waals surface area contributed by atoms with Crippen LogP contribution in [0, 0.1) is 0 Å². The van der Waals surface area contributed by atoms with E-state index in [1.54, 1.807) is 0 Å².